The Morgan fingerprint density at radius 2 is 1.85 bits per heavy atom. The molecule has 0 atom stereocenters. The number of phenolic OH excluding ortho intramolecular Hbond substituents is 1. The van der Waals surface area contributed by atoms with E-state index in [0.29, 0.717) is 5.56 Å². The van der Waals surface area contributed by atoms with Crippen molar-refractivity contribution in [2.45, 2.75) is 27.2 Å². The summed E-state index contributed by atoms with van der Waals surface area (Å²) >= 11 is 3.90. The first kappa shape index (κ1) is 26.7. The van der Waals surface area contributed by atoms with Crippen molar-refractivity contribution in [2.24, 2.45) is 0 Å². The quantitative estimate of drug-likeness (QED) is 0.156. The molecule has 12 heteroatoms. The molecule has 1 N–H and O–H groups in total. The number of thiophene rings is 1. The van der Waals surface area contributed by atoms with Crippen molar-refractivity contribution in [3.8, 4) is 11.8 Å². The van der Waals surface area contributed by atoms with Crippen LogP contribution in [0.25, 0.3) is 6.08 Å². The molecule has 0 aliphatic rings. The number of rotatable bonds is 9. The maximum absolute atomic E-state index is 12.9. The van der Waals surface area contributed by atoms with Gasteiger partial charge in [-0.3, -0.25) is 14.9 Å². The van der Waals surface area contributed by atoms with E-state index in [-0.39, 0.29) is 50.6 Å². The lowest BCUT2D eigenvalue weighted by Crippen LogP contribution is -2.12. The molecule has 0 spiro atoms. The standard InChI is InChI=1S/C22H19BrN2O8S/c1-4-32-21(28)18-11(3)20(22(29)33-5-2)34-17(18)9-16(26)13(10-24)6-12-7-14(23)19(27)15(8-12)25(30)31/h6-8,27H,4-5,9H2,1-3H3. The van der Waals surface area contributed by atoms with E-state index in [1.165, 1.54) is 13.0 Å². The first-order valence-electron chi connectivity index (χ1n) is 9.83. The number of ketones is 1. The van der Waals surface area contributed by atoms with Crippen molar-refractivity contribution in [1.82, 2.24) is 0 Å². The molecule has 0 bridgehead atoms. The Balaban J connectivity index is 2.50. The second-order valence-electron chi connectivity index (χ2n) is 6.69. The summed E-state index contributed by atoms with van der Waals surface area (Å²) in [5.74, 6) is -2.63. The predicted octanol–water partition coefficient (Wildman–Crippen LogP) is 4.51. The number of nitrogens with zero attached hydrogens (tertiary/aromatic N) is 2. The number of carbonyl (C=O) groups excluding carboxylic acids is 3. The van der Waals surface area contributed by atoms with Gasteiger partial charge < -0.3 is 14.6 Å². The van der Waals surface area contributed by atoms with Gasteiger partial charge in [-0.15, -0.1) is 11.3 Å². The largest absolute Gasteiger partial charge is 0.501 e. The van der Waals surface area contributed by atoms with E-state index >= 15 is 0 Å². The van der Waals surface area contributed by atoms with Crippen molar-refractivity contribution in [3.63, 3.8) is 0 Å². The van der Waals surface area contributed by atoms with Crippen LogP contribution < -0.4 is 0 Å². The number of aromatic hydroxyl groups is 1. The number of nitro benzene ring substituents is 1. The van der Waals surface area contributed by atoms with E-state index in [2.05, 4.69) is 15.9 Å². The van der Waals surface area contributed by atoms with Gasteiger partial charge in [-0.25, -0.2) is 9.59 Å². The zero-order chi connectivity index (χ0) is 25.6. The van der Waals surface area contributed by atoms with E-state index in [1.54, 1.807) is 19.9 Å². The van der Waals surface area contributed by atoms with E-state index in [0.717, 1.165) is 23.5 Å². The van der Waals surface area contributed by atoms with Crippen LogP contribution >= 0.6 is 27.3 Å². The highest BCUT2D eigenvalue weighted by atomic mass is 79.9. The molecule has 0 fully saturated rings. The Hall–Kier alpha value is -3.56. The molecule has 2 rings (SSSR count). The third-order valence-corrected chi connectivity index (χ3v) is 6.35. The van der Waals surface area contributed by atoms with E-state index in [1.807, 2.05) is 0 Å². The molecule has 1 heterocycles. The molecular formula is C22H19BrN2O8S. The molecule has 0 unspecified atom stereocenters. The number of ether oxygens (including phenoxy) is 2. The second kappa shape index (κ2) is 11.5. The summed E-state index contributed by atoms with van der Waals surface area (Å²) in [6.45, 7) is 4.98. The van der Waals surface area contributed by atoms with Gasteiger partial charge in [0.2, 0.25) is 5.75 Å². The van der Waals surface area contributed by atoms with Crippen molar-refractivity contribution >= 4 is 56.8 Å². The SMILES string of the molecule is CCOC(=O)c1sc(CC(=O)C(C#N)=Cc2cc(Br)c(O)c([N+](=O)[O-])c2)c(C(=O)OCC)c1C. The van der Waals surface area contributed by atoms with E-state index in [4.69, 9.17) is 9.47 Å². The number of nitro groups is 1. The molecule has 0 radical (unpaired) electrons. The smallest absolute Gasteiger partial charge is 0.348 e. The summed E-state index contributed by atoms with van der Waals surface area (Å²) in [5, 5.41) is 30.5. The lowest BCUT2D eigenvalue weighted by Gasteiger charge is -2.05. The first-order chi connectivity index (χ1) is 16.0. The average Bonchev–Trinajstić information content (AvgIpc) is 3.10. The summed E-state index contributed by atoms with van der Waals surface area (Å²) < 4.78 is 10.1. The number of carbonyl (C=O) groups is 3. The van der Waals surface area contributed by atoms with Gasteiger partial charge in [0.05, 0.1) is 33.7 Å². The minimum absolute atomic E-state index is 0.00949. The summed E-state index contributed by atoms with van der Waals surface area (Å²) in [6, 6.07) is 4.08. The summed E-state index contributed by atoms with van der Waals surface area (Å²) in [4.78, 5) is 48.4. The average molecular weight is 551 g/mol. The van der Waals surface area contributed by atoms with Crippen LogP contribution in [0.1, 0.15) is 49.9 Å². The van der Waals surface area contributed by atoms with Gasteiger partial charge in [-0.1, -0.05) is 0 Å². The lowest BCUT2D eigenvalue weighted by molar-refractivity contribution is -0.386. The molecule has 2 aromatic rings. The van der Waals surface area contributed by atoms with Crippen LogP contribution in [-0.4, -0.2) is 41.0 Å². The van der Waals surface area contributed by atoms with E-state index in [9.17, 15) is 34.9 Å². The summed E-state index contributed by atoms with van der Waals surface area (Å²) in [6.07, 6.45) is 0.746. The molecule has 0 saturated carbocycles. The third-order valence-electron chi connectivity index (χ3n) is 4.48. The highest BCUT2D eigenvalue weighted by Gasteiger charge is 2.28. The van der Waals surface area contributed by atoms with Crippen molar-refractivity contribution in [3.05, 3.63) is 58.7 Å². The maximum Gasteiger partial charge on any atom is 0.348 e. The molecule has 0 aliphatic heterocycles. The number of Topliss-reactive ketones (excluding diaryl/α,β-unsaturated/α-hetero) is 1. The maximum atomic E-state index is 12.9. The van der Waals surface area contributed by atoms with Crippen molar-refractivity contribution in [1.29, 1.82) is 5.26 Å². The number of halogens is 1. The molecule has 1 aromatic carbocycles. The number of hydrogen-bond acceptors (Lipinski definition) is 10. The Labute approximate surface area is 206 Å². The number of phenols is 1. The van der Waals surface area contributed by atoms with Crippen LogP contribution in [0.4, 0.5) is 5.69 Å². The molecule has 0 amide bonds. The van der Waals surface area contributed by atoms with Gasteiger partial charge in [0, 0.05) is 17.4 Å². The molecule has 34 heavy (non-hydrogen) atoms. The monoisotopic (exact) mass is 550 g/mol. The van der Waals surface area contributed by atoms with Crippen LogP contribution in [0.2, 0.25) is 0 Å². The molecular weight excluding hydrogens is 532 g/mol. The summed E-state index contributed by atoms with van der Waals surface area (Å²) in [7, 11) is 0. The van der Waals surface area contributed by atoms with Gasteiger partial charge in [-0.05, 0) is 60.0 Å². The van der Waals surface area contributed by atoms with Crippen LogP contribution in [-0.2, 0) is 20.7 Å². The topological polar surface area (TPSA) is 157 Å². The fourth-order valence-corrected chi connectivity index (χ4v) is 4.62. The Kier molecular flexibility index (Phi) is 9.05. The highest BCUT2D eigenvalue weighted by Crippen LogP contribution is 2.36. The van der Waals surface area contributed by atoms with Crippen molar-refractivity contribution < 1.29 is 33.9 Å². The minimum atomic E-state index is -0.803. The third kappa shape index (κ3) is 5.86. The number of hydrogen-bond donors (Lipinski definition) is 1. The molecule has 1 aromatic heterocycles. The Morgan fingerprint density at radius 1 is 1.24 bits per heavy atom. The fourth-order valence-electron chi connectivity index (χ4n) is 2.97. The highest BCUT2D eigenvalue weighted by molar-refractivity contribution is 9.10. The zero-order valence-corrected chi connectivity index (χ0v) is 20.7. The second-order valence-corrected chi connectivity index (χ2v) is 8.65. The molecule has 0 saturated heterocycles. The first-order valence-corrected chi connectivity index (χ1v) is 11.4. The van der Waals surface area contributed by atoms with E-state index < -0.39 is 34.1 Å². The van der Waals surface area contributed by atoms with Gasteiger partial charge in [0.15, 0.2) is 5.78 Å². The van der Waals surface area contributed by atoms with Gasteiger partial charge >= 0.3 is 17.6 Å². The lowest BCUT2D eigenvalue weighted by atomic mass is 10.0. The Bertz CT molecular complexity index is 1240. The number of esters is 2. The van der Waals surface area contributed by atoms with Crippen molar-refractivity contribution in [2.75, 3.05) is 13.2 Å². The molecule has 0 aliphatic carbocycles. The van der Waals surface area contributed by atoms with Crippen LogP contribution in [0.15, 0.2) is 22.2 Å². The van der Waals surface area contributed by atoms with Gasteiger partial charge in [0.1, 0.15) is 10.9 Å². The normalized spacial score (nSPS) is 11.0. The van der Waals surface area contributed by atoms with Crippen LogP contribution in [0.3, 0.4) is 0 Å². The molecule has 178 valence electrons. The minimum Gasteiger partial charge on any atom is -0.501 e. The summed E-state index contributed by atoms with van der Waals surface area (Å²) in [5.41, 5.74) is -0.455. The van der Waals surface area contributed by atoms with Gasteiger partial charge in [0.25, 0.3) is 0 Å². The number of benzene rings is 1. The zero-order valence-electron chi connectivity index (χ0n) is 18.3. The predicted molar refractivity (Wildman–Crippen MR) is 126 cm³/mol. The number of nitriles is 1. The number of allylic oxidation sites excluding steroid dienone is 1. The van der Waals surface area contributed by atoms with Gasteiger partial charge in [-0.2, -0.15) is 5.26 Å². The Morgan fingerprint density at radius 3 is 2.41 bits per heavy atom. The van der Waals surface area contributed by atoms with Crippen LogP contribution in [0, 0.1) is 28.4 Å². The van der Waals surface area contributed by atoms with Crippen LogP contribution in [0.5, 0.6) is 5.75 Å². The molecule has 10 nitrogen and oxygen atoms in total. The fraction of sp³-hybridized carbons (Fsp3) is 0.273.